The predicted molar refractivity (Wildman–Crippen MR) is 120 cm³/mol. The van der Waals surface area contributed by atoms with Crippen molar-refractivity contribution < 1.29 is 14.3 Å². The molecule has 1 aromatic heterocycles. The molecule has 1 aliphatic heterocycles. The van der Waals surface area contributed by atoms with Gasteiger partial charge in [0.1, 0.15) is 11.3 Å². The van der Waals surface area contributed by atoms with Gasteiger partial charge in [-0.2, -0.15) is 0 Å². The van der Waals surface area contributed by atoms with Crippen LogP contribution >= 0.6 is 11.8 Å². The van der Waals surface area contributed by atoms with Gasteiger partial charge in [0.25, 0.3) is 0 Å². The number of benzene rings is 1. The van der Waals surface area contributed by atoms with Crippen LogP contribution in [0.15, 0.2) is 30.6 Å². The minimum atomic E-state index is -0.964. The van der Waals surface area contributed by atoms with Gasteiger partial charge < -0.3 is 15.0 Å². The minimum Gasteiger partial charge on any atom is -0.496 e. The van der Waals surface area contributed by atoms with Gasteiger partial charge in [-0.25, -0.2) is 9.21 Å². The molecule has 0 saturated heterocycles. The predicted octanol–water partition coefficient (Wildman–Crippen LogP) is 4.94. The van der Waals surface area contributed by atoms with Crippen LogP contribution in [-0.2, 0) is 11.3 Å². The number of pyridine rings is 1. The topological polar surface area (TPSA) is 74.8 Å². The van der Waals surface area contributed by atoms with Crippen LogP contribution < -0.4 is 14.5 Å². The molecule has 1 aliphatic carbocycles. The molecule has 1 fully saturated rings. The van der Waals surface area contributed by atoms with Crippen LogP contribution in [0.4, 0.5) is 16.2 Å². The van der Waals surface area contributed by atoms with E-state index in [0.717, 1.165) is 40.4 Å². The summed E-state index contributed by atoms with van der Waals surface area (Å²) in [5.74, 6) is 0.514. The number of aryl methyl sites for hydroxylation is 2. The maximum Gasteiger partial charge on any atom is 0.340 e. The van der Waals surface area contributed by atoms with Crippen molar-refractivity contribution in [3.63, 3.8) is 0 Å². The molecule has 0 bridgehead atoms. The number of carbonyl (C=O) groups excluding carboxylic acids is 2. The highest BCUT2D eigenvalue weighted by molar-refractivity contribution is 6.37. The Bertz CT molecular complexity index is 1020. The normalized spacial score (nSPS) is 17.9. The monoisotopic (exact) mass is 442 g/mol. The van der Waals surface area contributed by atoms with Crippen LogP contribution in [0.5, 0.6) is 5.75 Å². The van der Waals surface area contributed by atoms with Gasteiger partial charge in [0.2, 0.25) is 5.91 Å². The summed E-state index contributed by atoms with van der Waals surface area (Å²) in [5, 5.41) is 3.04. The van der Waals surface area contributed by atoms with Crippen LogP contribution in [0.25, 0.3) is 0 Å². The number of carbonyl (C=O) groups is 2. The molecule has 1 N–H and O–H groups in total. The van der Waals surface area contributed by atoms with Gasteiger partial charge in [0, 0.05) is 35.3 Å². The number of aromatic nitrogens is 1. The number of hydrogen-bond donors (Lipinski definition) is 1. The summed E-state index contributed by atoms with van der Waals surface area (Å²) in [4.78, 5) is 32.8. The maximum absolute atomic E-state index is 13.7. The Hall–Kier alpha value is -2.80. The lowest BCUT2D eigenvalue weighted by atomic mass is 9.78. The van der Waals surface area contributed by atoms with Crippen molar-refractivity contribution in [2.24, 2.45) is 0 Å². The summed E-state index contributed by atoms with van der Waals surface area (Å²) >= 11 is 6.42. The van der Waals surface area contributed by atoms with Gasteiger partial charge in [0.05, 0.1) is 25.5 Å². The average Bonchev–Trinajstić information content (AvgIpc) is 2.78. The largest absolute Gasteiger partial charge is 0.496 e. The van der Waals surface area contributed by atoms with E-state index < -0.39 is 5.54 Å². The lowest BCUT2D eigenvalue weighted by Crippen LogP contribution is -2.62. The molecule has 2 aliphatic rings. The van der Waals surface area contributed by atoms with E-state index in [0.29, 0.717) is 36.5 Å². The Balaban J connectivity index is 1.70. The molecule has 0 atom stereocenters. The molecule has 7 nitrogen and oxygen atoms in total. The molecule has 0 radical (unpaired) electrons. The van der Waals surface area contributed by atoms with Crippen LogP contribution in [0.3, 0.4) is 0 Å². The first-order valence-corrected chi connectivity index (χ1v) is 10.9. The zero-order chi connectivity index (χ0) is 22.2. The van der Waals surface area contributed by atoms with Crippen molar-refractivity contribution in [1.82, 2.24) is 9.88 Å². The first-order valence-electron chi connectivity index (χ1n) is 10.5. The second kappa shape index (κ2) is 8.38. The van der Waals surface area contributed by atoms with Gasteiger partial charge >= 0.3 is 6.03 Å². The molecule has 3 amide bonds. The lowest BCUT2D eigenvalue weighted by molar-refractivity contribution is -0.128. The Morgan fingerprint density at radius 1 is 1.16 bits per heavy atom. The number of methoxy groups -OCH3 is 1. The van der Waals surface area contributed by atoms with Crippen LogP contribution in [0, 0.1) is 13.8 Å². The Labute approximate surface area is 187 Å². The number of anilines is 2. The number of ether oxygens (including phenoxy) is 1. The zero-order valence-corrected chi connectivity index (χ0v) is 18.8. The van der Waals surface area contributed by atoms with Crippen molar-refractivity contribution in [3.8, 4) is 5.75 Å². The van der Waals surface area contributed by atoms with E-state index in [1.54, 1.807) is 30.5 Å². The molecule has 31 heavy (non-hydrogen) atoms. The molecule has 164 valence electrons. The number of urea groups is 1. The molecular formula is C23H27ClN4O3. The summed E-state index contributed by atoms with van der Waals surface area (Å²) in [6.45, 7) is 4.22. The fourth-order valence-corrected chi connectivity index (χ4v) is 4.86. The van der Waals surface area contributed by atoms with Gasteiger partial charge in [-0.05, 0) is 43.9 Å². The van der Waals surface area contributed by atoms with E-state index >= 15 is 0 Å². The standard InChI is InChI=1S/C23H27ClN4O3/c1-15-7-8-17(11-20(15)31-3)26-21(29)23(9-5-4-6-10-23)27-14-18-16(2)12-25-13-19(18)28(24)22(27)30/h7-8,11-13H,4-6,9-10,14H2,1-3H3,(H,26,29). The minimum absolute atomic E-state index is 0.188. The van der Waals surface area contributed by atoms with Gasteiger partial charge in [-0.3, -0.25) is 9.78 Å². The number of hydrogen-bond acceptors (Lipinski definition) is 4. The van der Waals surface area contributed by atoms with Crippen LogP contribution in [0.1, 0.15) is 48.8 Å². The first-order chi connectivity index (χ1) is 14.9. The van der Waals surface area contributed by atoms with Crippen molar-refractivity contribution in [2.45, 2.75) is 58.0 Å². The average molecular weight is 443 g/mol. The van der Waals surface area contributed by atoms with E-state index in [1.807, 2.05) is 26.0 Å². The summed E-state index contributed by atoms with van der Waals surface area (Å²) in [6.07, 6.45) is 7.33. The quantitative estimate of drug-likeness (QED) is 0.680. The molecule has 4 rings (SSSR count). The van der Waals surface area contributed by atoms with Gasteiger partial charge in [0.15, 0.2) is 0 Å². The molecule has 0 spiro atoms. The number of rotatable bonds is 4. The van der Waals surface area contributed by atoms with E-state index in [2.05, 4.69) is 10.3 Å². The van der Waals surface area contributed by atoms with E-state index in [9.17, 15) is 9.59 Å². The van der Waals surface area contributed by atoms with Crippen molar-refractivity contribution in [1.29, 1.82) is 0 Å². The summed E-state index contributed by atoms with van der Waals surface area (Å²) < 4.78 is 6.49. The third-order valence-corrected chi connectivity index (χ3v) is 6.79. The van der Waals surface area contributed by atoms with Crippen molar-refractivity contribution >= 4 is 35.1 Å². The highest BCUT2D eigenvalue weighted by Gasteiger charge is 2.50. The number of nitrogens with zero attached hydrogens (tertiary/aromatic N) is 3. The second-order valence-corrected chi connectivity index (χ2v) is 8.67. The highest BCUT2D eigenvalue weighted by Crippen LogP contribution is 2.41. The fraction of sp³-hybridized carbons (Fsp3) is 0.435. The van der Waals surface area contributed by atoms with Gasteiger partial charge in [-0.1, -0.05) is 25.3 Å². The smallest absolute Gasteiger partial charge is 0.340 e. The molecule has 1 aromatic carbocycles. The third-order valence-electron chi connectivity index (χ3n) is 6.46. The molecule has 1 saturated carbocycles. The Morgan fingerprint density at radius 2 is 1.90 bits per heavy atom. The van der Waals surface area contributed by atoms with Crippen LogP contribution in [-0.4, -0.2) is 34.5 Å². The molecule has 0 unspecified atom stereocenters. The molecular weight excluding hydrogens is 416 g/mol. The first kappa shape index (κ1) is 21.4. The van der Waals surface area contributed by atoms with Crippen molar-refractivity contribution in [3.05, 3.63) is 47.3 Å². The summed E-state index contributed by atoms with van der Waals surface area (Å²) in [5.41, 5.74) is 3.10. The molecule has 2 heterocycles. The number of fused-ring (bicyclic) bond motifs is 1. The van der Waals surface area contributed by atoms with Crippen molar-refractivity contribution in [2.75, 3.05) is 16.8 Å². The second-order valence-electron chi connectivity index (χ2n) is 8.33. The van der Waals surface area contributed by atoms with E-state index in [4.69, 9.17) is 16.5 Å². The summed E-state index contributed by atoms with van der Waals surface area (Å²) in [6, 6.07) is 5.17. The molecule has 8 heteroatoms. The molecule has 2 aromatic rings. The zero-order valence-electron chi connectivity index (χ0n) is 18.1. The SMILES string of the molecule is COc1cc(NC(=O)C2(N3Cc4c(C)cncc4N(Cl)C3=O)CCCCC2)ccc1C. The number of halogens is 1. The van der Waals surface area contributed by atoms with E-state index in [-0.39, 0.29) is 11.9 Å². The Kier molecular flexibility index (Phi) is 5.79. The number of amides is 3. The third kappa shape index (κ3) is 3.71. The fourth-order valence-electron chi connectivity index (χ4n) is 4.62. The van der Waals surface area contributed by atoms with Crippen LogP contribution in [0.2, 0.25) is 0 Å². The van der Waals surface area contributed by atoms with Gasteiger partial charge in [-0.15, -0.1) is 0 Å². The maximum atomic E-state index is 13.7. The summed E-state index contributed by atoms with van der Waals surface area (Å²) in [7, 11) is 1.60. The number of nitrogens with one attached hydrogen (secondary N) is 1. The van der Waals surface area contributed by atoms with E-state index in [1.165, 1.54) is 0 Å². The highest BCUT2D eigenvalue weighted by atomic mass is 35.5. The Morgan fingerprint density at radius 3 is 2.61 bits per heavy atom. The lowest BCUT2D eigenvalue weighted by Gasteiger charge is -2.48.